The first kappa shape index (κ1) is 13.1. The van der Waals surface area contributed by atoms with E-state index in [1.54, 1.807) is 11.3 Å². The van der Waals surface area contributed by atoms with E-state index in [0.29, 0.717) is 6.04 Å². The van der Waals surface area contributed by atoms with Crippen LogP contribution in [-0.4, -0.2) is 36.1 Å². The SMILES string of the molecule is Cc1ccc(C2NC(C)C(=O)N2C2CCOCC2)s1. The van der Waals surface area contributed by atoms with E-state index in [-0.39, 0.29) is 18.1 Å². The summed E-state index contributed by atoms with van der Waals surface area (Å²) in [5.41, 5.74) is 0. The molecule has 2 aliphatic heterocycles. The van der Waals surface area contributed by atoms with Gasteiger partial charge >= 0.3 is 0 Å². The Morgan fingerprint density at radius 1 is 1.37 bits per heavy atom. The van der Waals surface area contributed by atoms with Crippen LogP contribution >= 0.6 is 11.3 Å². The zero-order valence-electron chi connectivity index (χ0n) is 11.4. The summed E-state index contributed by atoms with van der Waals surface area (Å²) in [6.07, 6.45) is 1.94. The molecule has 2 fully saturated rings. The highest BCUT2D eigenvalue weighted by atomic mass is 32.1. The standard InChI is InChI=1S/C14H20N2O2S/c1-9-3-4-12(19-9)13-15-10(2)14(17)16(13)11-5-7-18-8-6-11/h3-4,10-11,13,15H,5-8H2,1-2H3. The number of aryl methyl sites for hydroxylation is 1. The minimum absolute atomic E-state index is 0.0456. The molecule has 0 spiro atoms. The van der Waals surface area contributed by atoms with Gasteiger partial charge in [0.05, 0.1) is 6.04 Å². The molecule has 2 aliphatic rings. The van der Waals surface area contributed by atoms with E-state index < -0.39 is 0 Å². The fourth-order valence-corrected chi connectivity index (χ4v) is 3.85. The average molecular weight is 280 g/mol. The van der Waals surface area contributed by atoms with Crippen LogP contribution in [-0.2, 0) is 9.53 Å². The third kappa shape index (κ3) is 2.42. The first-order valence-electron chi connectivity index (χ1n) is 6.89. The molecule has 1 aromatic heterocycles. The van der Waals surface area contributed by atoms with Gasteiger partial charge < -0.3 is 9.64 Å². The van der Waals surface area contributed by atoms with Crippen molar-refractivity contribution in [1.29, 1.82) is 0 Å². The summed E-state index contributed by atoms with van der Waals surface area (Å²) < 4.78 is 5.41. The van der Waals surface area contributed by atoms with Gasteiger partial charge in [0.1, 0.15) is 6.17 Å². The molecule has 19 heavy (non-hydrogen) atoms. The van der Waals surface area contributed by atoms with Gasteiger partial charge in [0, 0.05) is 29.0 Å². The van der Waals surface area contributed by atoms with Crippen LogP contribution in [0.25, 0.3) is 0 Å². The first-order valence-corrected chi connectivity index (χ1v) is 7.71. The quantitative estimate of drug-likeness (QED) is 0.901. The van der Waals surface area contributed by atoms with Crippen LogP contribution < -0.4 is 5.32 Å². The Hall–Kier alpha value is -0.910. The van der Waals surface area contributed by atoms with E-state index in [4.69, 9.17) is 4.74 Å². The Morgan fingerprint density at radius 2 is 2.11 bits per heavy atom. The second kappa shape index (κ2) is 5.23. The van der Waals surface area contributed by atoms with Crippen molar-refractivity contribution in [2.45, 2.75) is 44.9 Å². The third-order valence-electron chi connectivity index (χ3n) is 3.93. The largest absolute Gasteiger partial charge is 0.381 e. The van der Waals surface area contributed by atoms with E-state index in [0.717, 1.165) is 26.1 Å². The maximum Gasteiger partial charge on any atom is 0.241 e. The molecule has 4 nitrogen and oxygen atoms in total. The molecule has 1 aromatic rings. The zero-order valence-corrected chi connectivity index (χ0v) is 12.2. The maximum atomic E-state index is 12.4. The maximum absolute atomic E-state index is 12.4. The van der Waals surface area contributed by atoms with E-state index >= 15 is 0 Å². The molecule has 0 saturated carbocycles. The van der Waals surface area contributed by atoms with Gasteiger partial charge in [-0.3, -0.25) is 10.1 Å². The normalized spacial score (nSPS) is 29.2. The Balaban J connectivity index is 1.86. The second-order valence-electron chi connectivity index (χ2n) is 5.33. The molecule has 3 heterocycles. The van der Waals surface area contributed by atoms with Crippen LogP contribution in [0.3, 0.4) is 0 Å². The van der Waals surface area contributed by atoms with E-state index in [2.05, 4.69) is 29.3 Å². The molecule has 0 bridgehead atoms. The predicted molar refractivity (Wildman–Crippen MR) is 75.1 cm³/mol. The lowest BCUT2D eigenvalue weighted by atomic mass is 10.1. The number of rotatable bonds is 2. The minimum Gasteiger partial charge on any atom is -0.381 e. The van der Waals surface area contributed by atoms with E-state index in [1.807, 2.05) is 6.92 Å². The predicted octanol–water partition coefficient (Wildman–Crippen LogP) is 2.05. The van der Waals surface area contributed by atoms with Crippen molar-refractivity contribution < 1.29 is 9.53 Å². The number of ether oxygens (including phenoxy) is 1. The molecular formula is C14H20N2O2S. The van der Waals surface area contributed by atoms with Crippen molar-refractivity contribution in [3.63, 3.8) is 0 Å². The van der Waals surface area contributed by atoms with Crippen molar-refractivity contribution in [2.75, 3.05) is 13.2 Å². The molecule has 0 aliphatic carbocycles. The van der Waals surface area contributed by atoms with Gasteiger partial charge in [-0.25, -0.2) is 0 Å². The number of carbonyl (C=O) groups is 1. The number of hydrogen-bond acceptors (Lipinski definition) is 4. The van der Waals surface area contributed by atoms with E-state index in [1.165, 1.54) is 9.75 Å². The van der Waals surface area contributed by atoms with E-state index in [9.17, 15) is 4.79 Å². The summed E-state index contributed by atoms with van der Waals surface area (Å²) >= 11 is 1.77. The Bertz CT molecular complexity index is 468. The molecule has 2 atom stereocenters. The topological polar surface area (TPSA) is 41.6 Å². The number of nitrogens with zero attached hydrogens (tertiary/aromatic N) is 1. The number of hydrogen-bond donors (Lipinski definition) is 1. The third-order valence-corrected chi connectivity index (χ3v) is 4.98. The fourth-order valence-electron chi connectivity index (χ4n) is 2.91. The summed E-state index contributed by atoms with van der Waals surface area (Å²) in [4.78, 5) is 17.0. The minimum atomic E-state index is -0.0877. The number of thiophene rings is 1. The van der Waals surface area contributed by atoms with Gasteiger partial charge in [-0.2, -0.15) is 0 Å². The van der Waals surface area contributed by atoms with Crippen LogP contribution in [0.1, 0.15) is 35.7 Å². The number of carbonyl (C=O) groups excluding carboxylic acids is 1. The summed E-state index contributed by atoms with van der Waals surface area (Å²) in [6.45, 7) is 5.58. The van der Waals surface area contributed by atoms with Gasteiger partial charge in [-0.1, -0.05) is 0 Å². The van der Waals surface area contributed by atoms with Gasteiger partial charge in [-0.05, 0) is 38.8 Å². The van der Waals surface area contributed by atoms with Crippen LogP contribution in [0.15, 0.2) is 12.1 Å². The molecule has 0 radical (unpaired) electrons. The number of nitrogens with one attached hydrogen (secondary N) is 1. The molecule has 3 rings (SSSR count). The summed E-state index contributed by atoms with van der Waals surface area (Å²) in [6, 6.07) is 4.48. The van der Waals surface area contributed by atoms with Gasteiger partial charge in [0.25, 0.3) is 0 Å². The highest BCUT2D eigenvalue weighted by Gasteiger charge is 2.41. The fraction of sp³-hybridized carbons (Fsp3) is 0.643. The van der Waals surface area contributed by atoms with Crippen LogP contribution in [0.4, 0.5) is 0 Å². The molecule has 5 heteroatoms. The van der Waals surface area contributed by atoms with Gasteiger partial charge in [0.15, 0.2) is 0 Å². The first-order chi connectivity index (χ1) is 9.16. The van der Waals surface area contributed by atoms with Crippen molar-refractivity contribution in [2.24, 2.45) is 0 Å². The highest BCUT2D eigenvalue weighted by molar-refractivity contribution is 7.12. The molecule has 2 unspecified atom stereocenters. The van der Waals surface area contributed by atoms with Gasteiger partial charge in [0.2, 0.25) is 5.91 Å². The molecule has 1 N–H and O–H groups in total. The van der Waals surface area contributed by atoms with Crippen LogP contribution in [0.2, 0.25) is 0 Å². The summed E-state index contributed by atoms with van der Waals surface area (Å²) in [7, 11) is 0. The second-order valence-corrected chi connectivity index (χ2v) is 6.65. The number of amides is 1. The van der Waals surface area contributed by atoms with Crippen molar-refractivity contribution in [3.8, 4) is 0 Å². The van der Waals surface area contributed by atoms with Crippen LogP contribution in [0.5, 0.6) is 0 Å². The highest BCUT2D eigenvalue weighted by Crippen LogP contribution is 2.34. The molecular weight excluding hydrogens is 260 g/mol. The Kier molecular flexibility index (Phi) is 3.60. The Labute approximate surface area is 117 Å². The summed E-state index contributed by atoms with van der Waals surface area (Å²) in [5, 5.41) is 3.43. The Morgan fingerprint density at radius 3 is 2.74 bits per heavy atom. The molecule has 0 aromatic carbocycles. The van der Waals surface area contributed by atoms with Crippen molar-refractivity contribution in [3.05, 3.63) is 21.9 Å². The lowest BCUT2D eigenvalue weighted by molar-refractivity contribution is -0.133. The molecule has 1 amide bonds. The van der Waals surface area contributed by atoms with Gasteiger partial charge in [-0.15, -0.1) is 11.3 Å². The molecule has 2 saturated heterocycles. The smallest absolute Gasteiger partial charge is 0.241 e. The van der Waals surface area contributed by atoms with Crippen molar-refractivity contribution in [1.82, 2.24) is 10.2 Å². The lowest BCUT2D eigenvalue weighted by Crippen LogP contribution is -2.43. The monoisotopic (exact) mass is 280 g/mol. The van der Waals surface area contributed by atoms with Crippen LogP contribution in [0, 0.1) is 6.92 Å². The summed E-state index contributed by atoms with van der Waals surface area (Å²) in [5.74, 6) is 0.225. The molecule has 104 valence electrons. The van der Waals surface area contributed by atoms with Crippen molar-refractivity contribution >= 4 is 17.2 Å². The zero-order chi connectivity index (χ0) is 13.4. The lowest BCUT2D eigenvalue weighted by Gasteiger charge is -2.34. The average Bonchev–Trinajstić information content (AvgIpc) is 2.96.